The minimum atomic E-state index is 0.111. The highest BCUT2D eigenvalue weighted by Gasteiger charge is 2.29. The van der Waals surface area contributed by atoms with Crippen LogP contribution in [-0.4, -0.2) is 5.11 Å². The molecule has 0 saturated heterocycles. The van der Waals surface area contributed by atoms with E-state index in [1.54, 1.807) is 0 Å². The molecule has 0 fully saturated rings. The van der Waals surface area contributed by atoms with Gasteiger partial charge in [0.1, 0.15) is 5.75 Å². The van der Waals surface area contributed by atoms with Crippen molar-refractivity contribution in [1.82, 2.24) is 0 Å². The summed E-state index contributed by atoms with van der Waals surface area (Å²) < 4.78 is 0. The van der Waals surface area contributed by atoms with E-state index in [4.69, 9.17) is 0 Å². The van der Waals surface area contributed by atoms with Crippen molar-refractivity contribution >= 4 is 0 Å². The Hall–Kier alpha value is -0.980. The number of hydrogen-bond acceptors (Lipinski definition) is 1. The van der Waals surface area contributed by atoms with E-state index in [1.165, 1.54) is 102 Å². The van der Waals surface area contributed by atoms with Crippen LogP contribution in [0.15, 0.2) is 12.1 Å². The molecular weight excluding hydrogens is 412 g/mol. The van der Waals surface area contributed by atoms with Gasteiger partial charge in [0.05, 0.1) is 0 Å². The molecule has 0 radical (unpaired) electrons. The van der Waals surface area contributed by atoms with Gasteiger partial charge in [-0.3, -0.25) is 0 Å². The van der Waals surface area contributed by atoms with Gasteiger partial charge in [-0.25, -0.2) is 0 Å². The van der Waals surface area contributed by atoms with E-state index in [9.17, 15) is 5.11 Å². The van der Waals surface area contributed by atoms with E-state index in [0.717, 1.165) is 17.5 Å². The first kappa shape index (κ1) is 31.1. The zero-order valence-electron chi connectivity index (χ0n) is 24.5. The summed E-state index contributed by atoms with van der Waals surface area (Å²) in [5.74, 6) is 0.939. The van der Waals surface area contributed by atoms with Crippen LogP contribution in [0.1, 0.15) is 174 Å². The van der Waals surface area contributed by atoms with Crippen molar-refractivity contribution in [3.8, 4) is 5.75 Å². The summed E-state index contributed by atoms with van der Waals surface area (Å²) in [4.78, 5) is 0. The fraction of sp³-hybridized carbons (Fsp3) is 0.818. The highest BCUT2D eigenvalue weighted by molar-refractivity contribution is 5.46. The molecule has 1 unspecified atom stereocenters. The highest BCUT2D eigenvalue weighted by atomic mass is 16.3. The Kier molecular flexibility index (Phi) is 14.5. The second-order valence-electron chi connectivity index (χ2n) is 13.1. The Balaban J connectivity index is 2.33. The lowest BCUT2D eigenvalue weighted by Gasteiger charge is -2.34. The van der Waals surface area contributed by atoms with Gasteiger partial charge in [0.2, 0.25) is 0 Å². The summed E-state index contributed by atoms with van der Waals surface area (Å²) >= 11 is 0. The predicted octanol–water partition coefficient (Wildman–Crippen LogP) is 11.4. The van der Waals surface area contributed by atoms with Gasteiger partial charge in [0.25, 0.3) is 0 Å². The summed E-state index contributed by atoms with van der Waals surface area (Å²) in [5.41, 5.74) is 3.96. The first-order chi connectivity index (χ1) is 16.0. The van der Waals surface area contributed by atoms with Crippen molar-refractivity contribution in [2.24, 2.45) is 5.41 Å². The standard InChI is InChI=1S/C33H60O/c1-9-10-11-12-13-14-15-16-17-18-19-20-21-22-23-27(2)30-25-29(24-28(3)31(30)34)33(7,8)26-32(4,5)6/h24-25,27,34H,9-23,26H2,1-8H3. The minimum Gasteiger partial charge on any atom is -0.507 e. The lowest BCUT2D eigenvalue weighted by atomic mass is 9.71. The van der Waals surface area contributed by atoms with E-state index < -0.39 is 0 Å². The average Bonchev–Trinajstić information content (AvgIpc) is 2.73. The van der Waals surface area contributed by atoms with E-state index in [1.807, 2.05) is 0 Å². The lowest BCUT2D eigenvalue weighted by Crippen LogP contribution is -2.25. The average molecular weight is 473 g/mol. The number of aromatic hydroxyl groups is 1. The number of aryl methyl sites for hydroxylation is 1. The largest absolute Gasteiger partial charge is 0.507 e. The monoisotopic (exact) mass is 472 g/mol. The van der Waals surface area contributed by atoms with Crippen LogP contribution in [-0.2, 0) is 5.41 Å². The Morgan fingerprint density at radius 1 is 0.706 bits per heavy atom. The topological polar surface area (TPSA) is 20.2 Å². The molecule has 1 atom stereocenters. The number of hydrogen-bond donors (Lipinski definition) is 1. The van der Waals surface area contributed by atoms with Gasteiger partial charge in [-0.2, -0.15) is 0 Å². The molecule has 0 aliphatic carbocycles. The maximum Gasteiger partial charge on any atom is 0.121 e. The summed E-state index contributed by atoms with van der Waals surface area (Å²) in [6, 6.07) is 4.52. The smallest absolute Gasteiger partial charge is 0.121 e. The van der Waals surface area contributed by atoms with Gasteiger partial charge < -0.3 is 5.11 Å². The summed E-state index contributed by atoms with van der Waals surface area (Å²) in [7, 11) is 0. The van der Waals surface area contributed by atoms with Gasteiger partial charge in [-0.15, -0.1) is 0 Å². The highest BCUT2D eigenvalue weighted by Crippen LogP contribution is 2.41. The normalized spacial score (nSPS) is 13.4. The van der Waals surface area contributed by atoms with Crippen LogP contribution in [0, 0.1) is 12.3 Å². The van der Waals surface area contributed by atoms with Crippen LogP contribution in [0.25, 0.3) is 0 Å². The molecule has 0 aromatic heterocycles. The third-order valence-corrected chi connectivity index (χ3v) is 7.61. The van der Waals surface area contributed by atoms with Crippen molar-refractivity contribution in [1.29, 1.82) is 0 Å². The minimum absolute atomic E-state index is 0.111. The fourth-order valence-electron chi connectivity index (χ4n) is 5.80. The van der Waals surface area contributed by atoms with Crippen LogP contribution in [0.3, 0.4) is 0 Å². The third-order valence-electron chi connectivity index (χ3n) is 7.61. The molecule has 1 aromatic carbocycles. The van der Waals surface area contributed by atoms with Gasteiger partial charge in [0.15, 0.2) is 0 Å². The Morgan fingerprint density at radius 3 is 1.59 bits per heavy atom. The molecule has 198 valence electrons. The molecule has 1 N–H and O–H groups in total. The van der Waals surface area contributed by atoms with Crippen LogP contribution >= 0.6 is 0 Å². The van der Waals surface area contributed by atoms with Gasteiger partial charge in [-0.1, -0.05) is 150 Å². The number of phenols is 1. The van der Waals surface area contributed by atoms with Crippen molar-refractivity contribution in [3.05, 3.63) is 28.8 Å². The summed E-state index contributed by atoms with van der Waals surface area (Å²) in [6.07, 6.45) is 21.9. The molecule has 1 aromatic rings. The molecule has 0 amide bonds. The second-order valence-corrected chi connectivity index (χ2v) is 13.1. The van der Waals surface area contributed by atoms with Gasteiger partial charge in [0, 0.05) is 0 Å². The molecule has 1 heteroatoms. The Morgan fingerprint density at radius 2 is 1.15 bits per heavy atom. The van der Waals surface area contributed by atoms with Crippen molar-refractivity contribution < 1.29 is 5.11 Å². The predicted molar refractivity (Wildman–Crippen MR) is 153 cm³/mol. The van der Waals surface area contributed by atoms with E-state index in [0.29, 0.717) is 11.7 Å². The molecule has 0 spiro atoms. The third kappa shape index (κ3) is 12.6. The zero-order valence-corrected chi connectivity index (χ0v) is 24.5. The van der Waals surface area contributed by atoms with Crippen LogP contribution in [0.4, 0.5) is 0 Å². The van der Waals surface area contributed by atoms with E-state index >= 15 is 0 Å². The maximum atomic E-state index is 10.8. The fourth-order valence-corrected chi connectivity index (χ4v) is 5.80. The molecule has 0 heterocycles. The van der Waals surface area contributed by atoms with Gasteiger partial charge >= 0.3 is 0 Å². The van der Waals surface area contributed by atoms with Crippen LogP contribution < -0.4 is 0 Å². The first-order valence-corrected chi connectivity index (χ1v) is 14.8. The van der Waals surface area contributed by atoms with Crippen LogP contribution in [0.5, 0.6) is 5.75 Å². The maximum absolute atomic E-state index is 10.8. The molecule has 34 heavy (non-hydrogen) atoms. The molecule has 1 rings (SSSR count). The number of phenolic OH excluding ortho intramolecular Hbond substituents is 1. The molecule has 0 aliphatic heterocycles. The molecule has 0 saturated carbocycles. The Labute approximate surface area is 214 Å². The SMILES string of the molecule is CCCCCCCCCCCCCCCCC(C)c1cc(C(C)(C)CC(C)(C)C)cc(C)c1O. The number of benzene rings is 1. The lowest BCUT2D eigenvalue weighted by molar-refractivity contribution is 0.283. The first-order valence-electron chi connectivity index (χ1n) is 14.8. The van der Waals surface area contributed by atoms with Crippen molar-refractivity contribution in [2.45, 2.75) is 169 Å². The number of rotatable bonds is 18. The van der Waals surface area contributed by atoms with Crippen LogP contribution in [0.2, 0.25) is 0 Å². The van der Waals surface area contributed by atoms with E-state index in [2.05, 4.69) is 67.5 Å². The zero-order chi connectivity index (χ0) is 25.6. The summed E-state index contributed by atoms with van der Waals surface area (Å²) in [5, 5.41) is 10.8. The van der Waals surface area contributed by atoms with E-state index in [-0.39, 0.29) is 10.8 Å². The van der Waals surface area contributed by atoms with Gasteiger partial charge in [-0.05, 0) is 53.2 Å². The Bertz CT molecular complexity index is 664. The molecular formula is C33H60O. The number of unbranched alkanes of at least 4 members (excludes halogenated alkanes) is 13. The molecule has 0 bridgehead atoms. The second kappa shape index (κ2) is 15.9. The molecule has 1 nitrogen and oxygen atoms in total. The van der Waals surface area contributed by atoms with Crippen molar-refractivity contribution in [3.63, 3.8) is 0 Å². The summed E-state index contributed by atoms with van der Waals surface area (Å²) in [6.45, 7) is 18.3. The van der Waals surface area contributed by atoms with Crippen molar-refractivity contribution in [2.75, 3.05) is 0 Å². The molecule has 0 aliphatic rings. The quantitative estimate of drug-likeness (QED) is 0.211.